The first-order valence-corrected chi connectivity index (χ1v) is 10.3. The van der Waals surface area contributed by atoms with Gasteiger partial charge in [0.2, 0.25) is 0 Å². The van der Waals surface area contributed by atoms with Crippen LogP contribution in [0.4, 0.5) is 0 Å². The number of nitrogens with zero attached hydrogens (tertiary/aromatic N) is 2. The number of guanidine groups is 1. The van der Waals surface area contributed by atoms with Gasteiger partial charge in [-0.25, -0.2) is 4.98 Å². The van der Waals surface area contributed by atoms with E-state index in [1.54, 1.807) is 18.4 Å². The van der Waals surface area contributed by atoms with E-state index in [4.69, 9.17) is 0 Å². The van der Waals surface area contributed by atoms with Crippen LogP contribution in [-0.4, -0.2) is 34.5 Å². The SMILES string of the molecule is CCc1cnc(CNC(=NC)NCCS(=O)Cc2ccccc2)s1. The average Bonchev–Trinajstić information content (AvgIpc) is 3.07. The van der Waals surface area contributed by atoms with Crippen LogP contribution in [-0.2, 0) is 29.5 Å². The molecule has 0 spiro atoms. The zero-order chi connectivity index (χ0) is 17.2. The summed E-state index contributed by atoms with van der Waals surface area (Å²) in [5.41, 5.74) is 1.11. The molecule has 0 radical (unpaired) electrons. The Kier molecular flexibility index (Phi) is 7.91. The lowest BCUT2D eigenvalue weighted by Gasteiger charge is -2.10. The van der Waals surface area contributed by atoms with Gasteiger partial charge >= 0.3 is 0 Å². The molecule has 1 unspecified atom stereocenters. The van der Waals surface area contributed by atoms with E-state index < -0.39 is 10.8 Å². The summed E-state index contributed by atoms with van der Waals surface area (Å²) < 4.78 is 12.1. The summed E-state index contributed by atoms with van der Waals surface area (Å²) in [5.74, 6) is 1.89. The summed E-state index contributed by atoms with van der Waals surface area (Å²) in [5, 5.41) is 7.48. The van der Waals surface area contributed by atoms with Crippen molar-refractivity contribution < 1.29 is 4.21 Å². The molecule has 0 aliphatic rings. The molecule has 130 valence electrons. The van der Waals surface area contributed by atoms with Gasteiger partial charge in [-0.05, 0) is 12.0 Å². The Bertz CT molecular complexity index is 670. The molecule has 1 heterocycles. The molecule has 1 aromatic heterocycles. The summed E-state index contributed by atoms with van der Waals surface area (Å²) in [7, 11) is 0.849. The molecule has 0 aliphatic carbocycles. The highest BCUT2D eigenvalue weighted by molar-refractivity contribution is 7.84. The normalized spacial score (nSPS) is 12.8. The number of hydrogen-bond acceptors (Lipinski definition) is 4. The monoisotopic (exact) mass is 364 g/mol. The molecule has 0 bridgehead atoms. The molecular weight excluding hydrogens is 340 g/mol. The molecule has 2 aromatic rings. The number of hydrogen-bond donors (Lipinski definition) is 2. The van der Waals surface area contributed by atoms with Gasteiger partial charge < -0.3 is 10.6 Å². The van der Waals surface area contributed by atoms with Gasteiger partial charge in [-0.3, -0.25) is 9.20 Å². The fourth-order valence-corrected chi connectivity index (χ4v) is 3.93. The van der Waals surface area contributed by atoms with Gasteiger partial charge in [0.1, 0.15) is 5.01 Å². The van der Waals surface area contributed by atoms with E-state index in [9.17, 15) is 4.21 Å². The number of thiazole rings is 1. The molecule has 0 aliphatic heterocycles. The number of nitrogens with one attached hydrogen (secondary N) is 2. The Hall–Kier alpha value is -1.73. The van der Waals surface area contributed by atoms with Crippen molar-refractivity contribution in [3.05, 3.63) is 52.0 Å². The topological polar surface area (TPSA) is 66.4 Å². The van der Waals surface area contributed by atoms with Crippen LogP contribution in [0.3, 0.4) is 0 Å². The molecule has 1 atom stereocenters. The third-order valence-corrected chi connectivity index (χ3v) is 5.83. The summed E-state index contributed by atoms with van der Waals surface area (Å²) in [6.07, 6.45) is 2.93. The van der Waals surface area contributed by atoms with E-state index in [2.05, 4.69) is 27.5 Å². The lowest BCUT2D eigenvalue weighted by Crippen LogP contribution is -2.38. The van der Waals surface area contributed by atoms with E-state index in [-0.39, 0.29) is 0 Å². The van der Waals surface area contributed by atoms with Crippen LogP contribution in [0.1, 0.15) is 22.4 Å². The van der Waals surface area contributed by atoms with Crippen LogP contribution in [0.15, 0.2) is 41.5 Å². The standard InChI is InChI=1S/C17H24N4OS2/c1-3-15-11-20-16(23-15)12-21-17(18-2)19-9-10-24(22)13-14-7-5-4-6-8-14/h4-8,11H,3,9-10,12-13H2,1-2H3,(H2,18,19,21). The minimum atomic E-state index is -0.883. The largest absolute Gasteiger partial charge is 0.355 e. The molecule has 0 saturated carbocycles. The average molecular weight is 365 g/mol. The third kappa shape index (κ3) is 6.41. The van der Waals surface area contributed by atoms with Crippen LogP contribution in [0.2, 0.25) is 0 Å². The van der Waals surface area contributed by atoms with Gasteiger partial charge in [0, 0.05) is 47.0 Å². The van der Waals surface area contributed by atoms with Gasteiger partial charge in [0.05, 0.1) is 6.54 Å². The molecule has 24 heavy (non-hydrogen) atoms. The molecule has 0 saturated heterocycles. The molecule has 5 nitrogen and oxygen atoms in total. The first-order valence-electron chi connectivity index (χ1n) is 7.98. The summed E-state index contributed by atoms with van der Waals surface area (Å²) in [4.78, 5) is 9.84. The zero-order valence-electron chi connectivity index (χ0n) is 14.1. The van der Waals surface area contributed by atoms with E-state index in [1.165, 1.54) is 4.88 Å². The maximum Gasteiger partial charge on any atom is 0.191 e. The van der Waals surface area contributed by atoms with E-state index >= 15 is 0 Å². The Labute approximate surface area is 150 Å². The van der Waals surface area contributed by atoms with Crippen LogP contribution in [0, 0.1) is 0 Å². The lowest BCUT2D eigenvalue weighted by molar-refractivity contribution is 0.680. The van der Waals surface area contributed by atoms with E-state index in [0.717, 1.165) is 17.0 Å². The van der Waals surface area contributed by atoms with Crippen molar-refractivity contribution in [2.75, 3.05) is 19.3 Å². The van der Waals surface area contributed by atoms with Gasteiger partial charge in [0.25, 0.3) is 0 Å². The predicted octanol–water partition coefficient (Wildman–Crippen LogP) is 2.32. The number of aryl methyl sites for hydroxylation is 1. The number of aliphatic imine (C=N–C) groups is 1. The van der Waals surface area contributed by atoms with Crippen molar-refractivity contribution in [1.29, 1.82) is 0 Å². The predicted molar refractivity (Wildman–Crippen MR) is 103 cm³/mol. The highest BCUT2D eigenvalue weighted by Crippen LogP contribution is 2.12. The molecule has 0 amide bonds. The van der Waals surface area contributed by atoms with Gasteiger partial charge in [0.15, 0.2) is 5.96 Å². The maximum absolute atomic E-state index is 12.1. The van der Waals surface area contributed by atoms with Crippen molar-refractivity contribution in [3.8, 4) is 0 Å². The molecule has 2 N–H and O–H groups in total. The summed E-state index contributed by atoms with van der Waals surface area (Å²) in [6, 6.07) is 9.92. The highest BCUT2D eigenvalue weighted by Gasteiger charge is 2.04. The van der Waals surface area contributed by atoms with Gasteiger partial charge in [-0.15, -0.1) is 11.3 Å². The van der Waals surface area contributed by atoms with Crippen LogP contribution >= 0.6 is 11.3 Å². The quantitative estimate of drug-likeness (QED) is 0.557. The Morgan fingerprint density at radius 3 is 2.75 bits per heavy atom. The minimum Gasteiger partial charge on any atom is -0.355 e. The second-order valence-corrected chi connectivity index (χ2v) is 7.98. The fourth-order valence-electron chi connectivity index (χ4n) is 2.09. The van der Waals surface area contributed by atoms with Crippen molar-refractivity contribution in [1.82, 2.24) is 15.6 Å². The zero-order valence-corrected chi connectivity index (χ0v) is 15.8. The number of benzene rings is 1. The smallest absolute Gasteiger partial charge is 0.191 e. The molecular formula is C17H24N4OS2. The van der Waals surface area contributed by atoms with E-state index in [0.29, 0.717) is 30.6 Å². The Morgan fingerprint density at radius 1 is 1.29 bits per heavy atom. The summed E-state index contributed by atoms with van der Waals surface area (Å²) in [6.45, 7) is 3.40. The highest BCUT2D eigenvalue weighted by atomic mass is 32.2. The maximum atomic E-state index is 12.1. The van der Waals surface area contributed by atoms with Gasteiger partial charge in [-0.1, -0.05) is 37.3 Å². The number of aromatic nitrogens is 1. The van der Waals surface area contributed by atoms with Crippen molar-refractivity contribution in [2.45, 2.75) is 25.6 Å². The van der Waals surface area contributed by atoms with Crippen molar-refractivity contribution in [2.24, 2.45) is 4.99 Å². The van der Waals surface area contributed by atoms with E-state index in [1.807, 2.05) is 36.5 Å². The second kappa shape index (κ2) is 10.2. The molecule has 0 fully saturated rings. The first kappa shape index (κ1) is 18.6. The van der Waals surface area contributed by atoms with Crippen LogP contribution < -0.4 is 10.6 Å². The fraction of sp³-hybridized carbons (Fsp3) is 0.412. The van der Waals surface area contributed by atoms with Crippen molar-refractivity contribution >= 4 is 28.1 Å². The number of rotatable bonds is 8. The molecule has 7 heteroatoms. The van der Waals surface area contributed by atoms with Gasteiger partial charge in [-0.2, -0.15) is 0 Å². The van der Waals surface area contributed by atoms with Crippen LogP contribution in [0.5, 0.6) is 0 Å². The molecule has 2 rings (SSSR count). The third-order valence-electron chi connectivity index (χ3n) is 3.37. The summed E-state index contributed by atoms with van der Waals surface area (Å²) >= 11 is 1.71. The van der Waals surface area contributed by atoms with Crippen molar-refractivity contribution in [3.63, 3.8) is 0 Å². The lowest BCUT2D eigenvalue weighted by atomic mass is 10.2. The minimum absolute atomic E-state index is 0.590. The Morgan fingerprint density at radius 2 is 2.08 bits per heavy atom. The van der Waals surface area contributed by atoms with Crippen LogP contribution in [0.25, 0.3) is 0 Å². The second-order valence-electron chi connectivity index (χ2n) is 5.20. The first-order chi connectivity index (χ1) is 11.7. The molecule has 1 aromatic carbocycles. The Balaban J connectivity index is 1.68.